The van der Waals surface area contributed by atoms with Gasteiger partial charge in [-0.3, -0.25) is 0 Å². The Hall–Kier alpha value is -0.660. The van der Waals surface area contributed by atoms with Crippen LogP contribution in [0.4, 0.5) is 0 Å². The van der Waals surface area contributed by atoms with E-state index in [1.807, 2.05) is 0 Å². The summed E-state index contributed by atoms with van der Waals surface area (Å²) in [5.41, 5.74) is 0. The quantitative estimate of drug-likeness (QED) is 0.0585. The predicted molar refractivity (Wildman–Crippen MR) is 228 cm³/mol. The van der Waals surface area contributed by atoms with Gasteiger partial charge in [0.05, 0.1) is 0 Å². The lowest BCUT2D eigenvalue weighted by molar-refractivity contribution is 0.135. The maximum atomic E-state index is 2.74. The molecule has 2 nitrogen and oxygen atoms in total. The molecule has 1 rings (SSSR count). The molecule has 0 saturated heterocycles. The Labute approximate surface area is 318 Å². The minimum Gasteiger partial charge on any atom is -0.356 e. The van der Waals surface area contributed by atoms with Crippen molar-refractivity contribution in [3.8, 4) is 0 Å². The molecule has 298 valence electrons. The Morgan fingerprint density at radius 3 is 0.700 bits per heavy atom. The molecule has 0 saturated carbocycles. The number of unbranched alkanes of at least 4 members (excludes halogenated alkanes) is 36. The van der Waals surface area contributed by atoms with Crippen molar-refractivity contribution < 1.29 is 0 Å². The van der Waals surface area contributed by atoms with Crippen molar-refractivity contribution in [1.82, 2.24) is 9.80 Å². The fourth-order valence-electron chi connectivity index (χ4n) is 8.31. The molecular formula is C48H96N2. The summed E-state index contributed by atoms with van der Waals surface area (Å²) in [6.07, 6.45) is 63.4. The third-order valence-electron chi connectivity index (χ3n) is 11.8. The normalized spacial score (nSPS) is 14.5. The summed E-state index contributed by atoms with van der Waals surface area (Å²) in [5.74, 6) is 0. The first-order chi connectivity index (χ1) is 24.8. The van der Waals surface area contributed by atoms with Gasteiger partial charge in [0.2, 0.25) is 0 Å². The molecule has 0 aromatic carbocycles. The molecule has 1 heterocycles. The monoisotopic (exact) mass is 701 g/mol. The second kappa shape index (κ2) is 39.5. The Kier molecular flexibility index (Phi) is 37.5. The molecule has 0 N–H and O–H groups in total. The SMILES string of the molecule is CCCCCCCCCCCCCCCCCC1N(CCCCCCCCCCCCC)C=CN1CCCCCCCCCCCCCCC. The zero-order chi connectivity index (χ0) is 35.8. The Morgan fingerprint density at radius 2 is 0.460 bits per heavy atom. The van der Waals surface area contributed by atoms with Gasteiger partial charge in [-0.1, -0.05) is 252 Å². The lowest BCUT2D eigenvalue weighted by Gasteiger charge is -2.33. The van der Waals surface area contributed by atoms with E-state index >= 15 is 0 Å². The van der Waals surface area contributed by atoms with Crippen LogP contribution in [0.5, 0.6) is 0 Å². The Morgan fingerprint density at radius 1 is 0.260 bits per heavy atom. The molecule has 0 fully saturated rings. The van der Waals surface area contributed by atoms with E-state index in [-0.39, 0.29) is 0 Å². The molecule has 1 unspecified atom stereocenters. The summed E-state index contributed by atoms with van der Waals surface area (Å²) >= 11 is 0. The van der Waals surface area contributed by atoms with Crippen LogP contribution in [0.15, 0.2) is 12.4 Å². The molecule has 50 heavy (non-hydrogen) atoms. The lowest BCUT2D eigenvalue weighted by Crippen LogP contribution is -2.39. The summed E-state index contributed by atoms with van der Waals surface area (Å²) in [6.45, 7) is 9.49. The Bertz CT molecular complexity index is 659. The lowest BCUT2D eigenvalue weighted by atomic mass is 10.0. The third kappa shape index (κ3) is 30.9. The van der Waals surface area contributed by atoms with Crippen LogP contribution in [-0.4, -0.2) is 29.1 Å². The standard InChI is InChI=1S/C48H96N2/c1-4-7-10-13-16-19-22-24-25-26-28-31-34-37-40-43-48-49(44-41-38-35-32-29-21-18-15-12-9-6-3)46-47-50(48)45-42-39-36-33-30-27-23-20-17-14-11-8-5-2/h46-48H,4-45H2,1-3H3. The third-order valence-corrected chi connectivity index (χ3v) is 11.8. The van der Waals surface area contributed by atoms with Crippen LogP contribution in [0.25, 0.3) is 0 Å². The van der Waals surface area contributed by atoms with E-state index in [2.05, 4.69) is 43.0 Å². The summed E-state index contributed by atoms with van der Waals surface area (Å²) < 4.78 is 0. The maximum Gasteiger partial charge on any atom is 0.101 e. The van der Waals surface area contributed by atoms with Crippen molar-refractivity contribution in [2.45, 2.75) is 284 Å². The zero-order valence-corrected chi connectivity index (χ0v) is 35.3. The Balaban J connectivity index is 2.20. The average Bonchev–Trinajstić information content (AvgIpc) is 3.51. The molecule has 0 bridgehead atoms. The minimum atomic E-state index is 0.636. The average molecular weight is 701 g/mol. The smallest absolute Gasteiger partial charge is 0.101 e. The maximum absolute atomic E-state index is 2.74. The van der Waals surface area contributed by atoms with E-state index in [1.54, 1.807) is 0 Å². The highest BCUT2D eigenvalue weighted by molar-refractivity contribution is 4.97. The van der Waals surface area contributed by atoms with E-state index in [0.29, 0.717) is 6.17 Å². The molecule has 0 aliphatic carbocycles. The van der Waals surface area contributed by atoms with E-state index in [1.165, 1.54) is 270 Å². The van der Waals surface area contributed by atoms with E-state index in [9.17, 15) is 0 Å². The van der Waals surface area contributed by atoms with Gasteiger partial charge in [0, 0.05) is 25.5 Å². The van der Waals surface area contributed by atoms with Crippen molar-refractivity contribution in [1.29, 1.82) is 0 Å². The van der Waals surface area contributed by atoms with Gasteiger partial charge in [0.25, 0.3) is 0 Å². The molecule has 1 aliphatic heterocycles. The molecule has 0 aromatic heterocycles. The van der Waals surface area contributed by atoms with Crippen LogP contribution in [0, 0.1) is 0 Å². The second-order valence-corrected chi connectivity index (χ2v) is 16.8. The fourth-order valence-corrected chi connectivity index (χ4v) is 8.31. The summed E-state index contributed by atoms with van der Waals surface area (Å²) in [5, 5.41) is 0. The largest absolute Gasteiger partial charge is 0.356 e. The van der Waals surface area contributed by atoms with Gasteiger partial charge < -0.3 is 9.80 Å². The van der Waals surface area contributed by atoms with Crippen molar-refractivity contribution in [3.05, 3.63) is 12.4 Å². The summed E-state index contributed by atoms with van der Waals surface area (Å²) in [4.78, 5) is 5.47. The van der Waals surface area contributed by atoms with Crippen LogP contribution in [-0.2, 0) is 0 Å². The molecule has 0 aromatic rings. The first kappa shape index (κ1) is 47.4. The van der Waals surface area contributed by atoms with Gasteiger partial charge in [-0.2, -0.15) is 0 Å². The van der Waals surface area contributed by atoms with Crippen LogP contribution in [0.1, 0.15) is 278 Å². The number of hydrogen-bond acceptors (Lipinski definition) is 2. The zero-order valence-electron chi connectivity index (χ0n) is 35.3. The van der Waals surface area contributed by atoms with Gasteiger partial charge in [0.15, 0.2) is 0 Å². The minimum absolute atomic E-state index is 0.636. The van der Waals surface area contributed by atoms with Crippen LogP contribution >= 0.6 is 0 Å². The van der Waals surface area contributed by atoms with Crippen molar-refractivity contribution in [3.63, 3.8) is 0 Å². The number of hydrogen-bond donors (Lipinski definition) is 0. The molecule has 0 spiro atoms. The molecule has 0 amide bonds. The molecular weight excluding hydrogens is 605 g/mol. The topological polar surface area (TPSA) is 6.48 Å². The highest BCUT2D eigenvalue weighted by Gasteiger charge is 2.24. The van der Waals surface area contributed by atoms with Crippen LogP contribution in [0.2, 0.25) is 0 Å². The first-order valence-electron chi connectivity index (χ1n) is 24.0. The van der Waals surface area contributed by atoms with Gasteiger partial charge in [-0.15, -0.1) is 0 Å². The molecule has 1 atom stereocenters. The van der Waals surface area contributed by atoms with Crippen LogP contribution < -0.4 is 0 Å². The summed E-state index contributed by atoms with van der Waals surface area (Å²) in [7, 11) is 0. The number of rotatable bonds is 42. The molecule has 0 radical (unpaired) electrons. The van der Waals surface area contributed by atoms with E-state index in [4.69, 9.17) is 0 Å². The number of nitrogens with zero attached hydrogens (tertiary/aromatic N) is 2. The summed E-state index contributed by atoms with van der Waals surface area (Å²) in [6, 6.07) is 0. The predicted octanol–water partition coefficient (Wildman–Crippen LogP) is 17.1. The van der Waals surface area contributed by atoms with Crippen LogP contribution in [0.3, 0.4) is 0 Å². The highest BCUT2D eigenvalue weighted by atomic mass is 15.4. The van der Waals surface area contributed by atoms with Gasteiger partial charge >= 0.3 is 0 Å². The molecule has 2 heteroatoms. The highest BCUT2D eigenvalue weighted by Crippen LogP contribution is 2.24. The van der Waals surface area contributed by atoms with Gasteiger partial charge in [0.1, 0.15) is 6.17 Å². The van der Waals surface area contributed by atoms with E-state index < -0.39 is 0 Å². The van der Waals surface area contributed by atoms with Gasteiger partial charge in [-0.05, 0) is 25.7 Å². The van der Waals surface area contributed by atoms with Crippen molar-refractivity contribution in [2.75, 3.05) is 13.1 Å². The van der Waals surface area contributed by atoms with Gasteiger partial charge in [-0.25, -0.2) is 0 Å². The second-order valence-electron chi connectivity index (χ2n) is 16.8. The first-order valence-corrected chi connectivity index (χ1v) is 24.0. The van der Waals surface area contributed by atoms with Crippen molar-refractivity contribution >= 4 is 0 Å². The van der Waals surface area contributed by atoms with Crippen molar-refractivity contribution in [2.24, 2.45) is 0 Å². The fraction of sp³-hybridized carbons (Fsp3) is 0.958. The van der Waals surface area contributed by atoms with E-state index in [0.717, 1.165) is 0 Å². The molecule has 1 aliphatic rings.